The number of nitro groups is 1. The first-order valence-electron chi connectivity index (χ1n) is 8.01. The summed E-state index contributed by atoms with van der Waals surface area (Å²) in [6, 6.07) is 11.2. The first kappa shape index (κ1) is 18.1. The van der Waals surface area contributed by atoms with Crippen molar-refractivity contribution in [3.63, 3.8) is 0 Å². The Labute approximate surface area is 154 Å². The molecule has 0 radical (unpaired) electrons. The van der Waals surface area contributed by atoms with Crippen molar-refractivity contribution in [2.75, 3.05) is 12.0 Å². The summed E-state index contributed by atoms with van der Waals surface area (Å²) in [6.07, 6.45) is 0. The number of non-ortho nitro benzene ring substituents is 1. The Morgan fingerprint density at radius 3 is 2.56 bits per heavy atom. The number of hydrogen-bond donors (Lipinski definition) is 1. The van der Waals surface area contributed by atoms with Gasteiger partial charge in [-0.05, 0) is 24.6 Å². The van der Waals surface area contributed by atoms with Gasteiger partial charge in [-0.1, -0.05) is 24.3 Å². The fourth-order valence-corrected chi connectivity index (χ4v) is 3.17. The van der Waals surface area contributed by atoms with Gasteiger partial charge in [-0.2, -0.15) is 0 Å². The summed E-state index contributed by atoms with van der Waals surface area (Å²) in [5, 5.41) is 21.5. The van der Waals surface area contributed by atoms with Crippen LogP contribution in [0.2, 0.25) is 0 Å². The number of nitro benzene ring substituents is 1. The number of ketones is 1. The van der Waals surface area contributed by atoms with Gasteiger partial charge in [0.05, 0.1) is 29.3 Å². The molecule has 138 valence electrons. The van der Waals surface area contributed by atoms with Crippen molar-refractivity contribution >= 4 is 23.1 Å². The van der Waals surface area contributed by atoms with Crippen LogP contribution in [0.15, 0.2) is 59.9 Å². The second kappa shape index (κ2) is 6.91. The topological polar surface area (TPSA) is 110 Å². The third kappa shape index (κ3) is 3.01. The minimum absolute atomic E-state index is 0.119. The highest BCUT2D eigenvalue weighted by Crippen LogP contribution is 2.44. The zero-order valence-electron chi connectivity index (χ0n) is 14.6. The van der Waals surface area contributed by atoms with E-state index in [0.29, 0.717) is 17.0 Å². The lowest BCUT2D eigenvalue weighted by atomic mass is 9.96. The molecule has 1 aliphatic rings. The number of aliphatic hydroxyl groups is 1. The molecule has 1 N–H and O–H groups in total. The summed E-state index contributed by atoms with van der Waals surface area (Å²) in [5.74, 6) is -1.60. The van der Waals surface area contributed by atoms with E-state index in [-0.39, 0.29) is 11.3 Å². The second-order valence-electron chi connectivity index (χ2n) is 5.92. The van der Waals surface area contributed by atoms with Crippen molar-refractivity contribution in [1.29, 1.82) is 0 Å². The number of methoxy groups -OCH3 is 1. The highest BCUT2D eigenvalue weighted by Gasteiger charge is 2.44. The van der Waals surface area contributed by atoms with Gasteiger partial charge in [-0.25, -0.2) is 0 Å². The Morgan fingerprint density at radius 2 is 1.93 bits per heavy atom. The number of aliphatic hydroxyl groups excluding tert-OH is 1. The summed E-state index contributed by atoms with van der Waals surface area (Å²) in [6.45, 7) is 1.23. The number of carbonyl (C=O) groups is 2. The van der Waals surface area contributed by atoms with E-state index < -0.39 is 28.4 Å². The van der Waals surface area contributed by atoms with Gasteiger partial charge in [-0.3, -0.25) is 24.6 Å². The molecule has 1 atom stereocenters. The van der Waals surface area contributed by atoms with Gasteiger partial charge < -0.3 is 9.84 Å². The maximum atomic E-state index is 12.8. The molecule has 0 spiro atoms. The van der Waals surface area contributed by atoms with E-state index in [1.165, 1.54) is 37.1 Å². The summed E-state index contributed by atoms with van der Waals surface area (Å²) < 4.78 is 5.30. The number of nitrogens with zero attached hydrogens (tertiary/aromatic N) is 2. The van der Waals surface area contributed by atoms with E-state index >= 15 is 0 Å². The standard InChI is InChI=1S/C19H16N2O6/c1-11(22)16-17(12-6-5-7-13(10-12)21(25)26)20(19(24)18(16)23)14-8-3-4-9-15(14)27-2/h3-10,17,23H,1-2H3/t17-/m1/s1. The molecule has 2 aromatic rings. The molecule has 2 aromatic carbocycles. The van der Waals surface area contributed by atoms with E-state index in [9.17, 15) is 24.8 Å². The average Bonchev–Trinajstić information content (AvgIpc) is 2.93. The Kier molecular flexibility index (Phi) is 4.64. The predicted octanol–water partition coefficient (Wildman–Crippen LogP) is 3.09. The van der Waals surface area contributed by atoms with Crippen LogP contribution in [-0.2, 0) is 9.59 Å². The first-order valence-corrected chi connectivity index (χ1v) is 8.01. The van der Waals surface area contributed by atoms with Crippen molar-refractivity contribution in [2.45, 2.75) is 13.0 Å². The Bertz CT molecular complexity index is 982. The summed E-state index contributed by atoms with van der Waals surface area (Å²) in [5.41, 5.74) is 0.364. The van der Waals surface area contributed by atoms with Crippen molar-refractivity contribution in [1.82, 2.24) is 0 Å². The number of ether oxygens (including phenoxy) is 1. The van der Waals surface area contributed by atoms with Crippen LogP contribution in [0.1, 0.15) is 18.5 Å². The molecule has 1 aliphatic heterocycles. The third-order valence-electron chi connectivity index (χ3n) is 4.33. The molecule has 3 rings (SSSR count). The van der Waals surface area contributed by atoms with Crippen molar-refractivity contribution in [3.05, 3.63) is 75.5 Å². The molecule has 0 aliphatic carbocycles. The van der Waals surface area contributed by atoms with Crippen molar-refractivity contribution in [2.24, 2.45) is 0 Å². The number of hydrogen-bond acceptors (Lipinski definition) is 6. The number of benzene rings is 2. The molecular formula is C19H16N2O6. The van der Waals surface area contributed by atoms with E-state index in [0.717, 1.165) is 0 Å². The molecule has 1 amide bonds. The van der Waals surface area contributed by atoms with E-state index in [1.807, 2.05) is 0 Å². The Hall–Kier alpha value is -3.68. The smallest absolute Gasteiger partial charge is 0.294 e. The largest absolute Gasteiger partial charge is 0.503 e. The highest BCUT2D eigenvalue weighted by molar-refractivity contribution is 6.16. The lowest BCUT2D eigenvalue weighted by Gasteiger charge is -2.27. The minimum Gasteiger partial charge on any atom is -0.503 e. The third-order valence-corrected chi connectivity index (χ3v) is 4.33. The van der Waals surface area contributed by atoms with E-state index in [1.54, 1.807) is 30.3 Å². The number of Topliss-reactive ketones (excluding diaryl/α,β-unsaturated/α-hetero) is 1. The molecule has 0 aromatic heterocycles. The normalized spacial score (nSPS) is 16.6. The zero-order chi connectivity index (χ0) is 19.7. The second-order valence-corrected chi connectivity index (χ2v) is 5.92. The SMILES string of the molecule is COc1ccccc1N1C(=O)C(O)=C(C(C)=O)[C@H]1c1cccc([N+](=O)[O-])c1. The molecule has 0 saturated heterocycles. The average molecular weight is 368 g/mol. The number of para-hydroxylation sites is 2. The summed E-state index contributed by atoms with van der Waals surface area (Å²) >= 11 is 0. The van der Waals surface area contributed by atoms with Gasteiger partial charge in [0.25, 0.3) is 11.6 Å². The molecule has 0 fully saturated rings. The summed E-state index contributed by atoms with van der Waals surface area (Å²) in [4.78, 5) is 36.7. The van der Waals surface area contributed by atoms with Crippen molar-refractivity contribution < 1.29 is 24.4 Å². The molecule has 1 heterocycles. The van der Waals surface area contributed by atoms with Crippen LogP contribution < -0.4 is 9.64 Å². The van der Waals surface area contributed by atoms with Gasteiger partial charge in [0.1, 0.15) is 5.75 Å². The molecule has 27 heavy (non-hydrogen) atoms. The summed E-state index contributed by atoms with van der Waals surface area (Å²) in [7, 11) is 1.43. The van der Waals surface area contributed by atoms with Crippen LogP contribution in [0.3, 0.4) is 0 Å². The van der Waals surface area contributed by atoms with Crippen LogP contribution >= 0.6 is 0 Å². The van der Waals surface area contributed by atoms with Crippen LogP contribution in [0, 0.1) is 10.1 Å². The van der Waals surface area contributed by atoms with Gasteiger partial charge in [0.2, 0.25) is 0 Å². The Morgan fingerprint density at radius 1 is 1.22 bits per heavy atom. The number of amides is 1. The van der Waals surface area contributed by atoms with Gasteiger partial charge in [-0.15, -0.1) is 0 Å². The predicted molar refractivity (Wildman–Crippen MR) is 96.7 cm³/mol. The number of carbonyl (C=O) groups excluding carboxylic acids is 2. The quantitative estimate of drug-likeness (QED) is 0.641. The van der Waals surface area contributed by atoms with Gasteiger partial charge in [0, 0.05) is 12.1 Å². The van der Waals surface area contributed by atoms with E-state index in [4.69, 9.17) is 4.74 Å². The maximum absolute atomic E-state index is 12.8. The molecule has 0 unspecified atom stereocenters. The first-order chi connectivity index (χ1) is 12.9. The Balaban J connectivity index is 2.24. The van der Waals surface area contributed by atoms with Crippen LogP contribution in [-0.4, -0.2) is 28.8 Å². The lowest BCUT2D eigenvalue weighted by molar-refractivity contribution is -0.384. The number of anilines is 1. The fraction of sp³-hybridized carbons (Fsp3) is 0.158. The molecular weight excluding hydrogens is 352 g/mol. The lowest BCUT2D eigenvalue weighted by Crippen LogP contribution is -2.31. The molecule has 8 heteroatoms. The molecule has 0 bridgehead atoms. The van der Waals surface area contributed by atoms with Gasteiger partial charge in [0.15, 0.2) is 11.5 Å². The maximum Gasteiger partial charge on any atom is 0.294 e. The monoisotopic (exact) mass is 368 g/mol. The van der Waals surface area contributed by atoms with Crippen LogP contribution in [0.4, 0.5) is 11.4 Å². The van der Waals surface area contributed by atoms with E-state index in [2.05, 4.69) is 0 Å². The fourth-order valence-electron chi connectivity index (χ4n) is 3.17. The van der Waals surface area contributed by atoms with Crippen LogP contribution in [0.5, 0.6) is 5.75 Å². The number of rotatable bonds is 5. The minimum atomic E-state index is -1.01. The zero-order valence-corrected chi connectivity index (χ0v) is 14.6. The molecule has 8 nitrogen and oxygen atoms in total. The van der Waals surface area contributed by atoms with Crippen LogP contribution in [0.25, 0.3) is 0 Å². The molecule has 0 saturated carbocycles. The van der Waals surface area contributed by atoms with Crippen molar-refractivity contribution in [3.8, 4) is 5.75 Å². The highest BCUT2D eigenvalue weighted by atomic mass is 16.6. The van der Waals surface area contributed by atoms with Gasteiger partial charge >= 0.3 is 0 Å².